The second-order valence-corrected chi connectivity index (χ2v) is 11.1. The minimum atomic E-state index is -0.178. The van der Waals surface area contributed by atoms with Gasteiger partial charge in [0.15, 0.2) is 5.13 Å². The Balaban J connectivity index is 1.38. The summed E-state index contributed by atoms with van der Waals surface area (Å²) in [5.41, 5.74) is 2.22. The number of pyridine rings is 1. The summed E-state index contributed by atoms with van der Waals surface area (Å²) in [7, 11) is 0. The predicted octanol–water partition coefficient (Wildman–Crippen LogP) is 4.56. The molecule has 9 heteroatoms. The summed E-state index contributed by atoms with van der Waals surface area (Å²) < 4.78 is 0. The van der Waals surface area contributed by atoms with Crippen LogP contribution >= 0.6 is 11.3 Å². The zero-order valence-electron chi connectivity index (χ0n) is 19.4. The number of likely N-dealkylation sites (tertiary alicyclic amines) is 1. The maximum atomic E-state index is 9.84. The molecule has 3 aromatic heterocycles. The van der Waals surface area contributed by atoms with Crippen molar-refractivity contribution in [2.24, 2.45) is 5.41 Å². The van der Waals surface area contributed by atoms with Crippen LogP contribution in [0.3, 0.4) is 0 Å². The molecule has 0 radical (unpaired) electrons. The number of nitrogens with one attached hydrogen (secondary N) is 2. The van der Waals surface area contributed by atoms with Crippen LogP contribution in [0.15, 0.2) is 24.4 Å². The van der Waals surface area contributed by atoms with E-state index in [1.807, 2.05) is 18.2 Å². The molecule has 1 aliphatic carbocycles. The van der Waals surface area contributed by atoms with Gasteiger partial charge in [-0.25, -0.2) is 15.0 Å². The van der Waals surface area contributed by atoms with Gasteiger partial charge in [-0.2, -0.15) is 4.98 Å². The average molecular weight is 468 g/mol. The number of aliphatic hydroxyl groups excluding tert-OH is 1. The van der Waals surface area contributed by atoms with Gasteiger partial charge in [0.2, 0.25) is 5.95 Å². The van der Waals surface area contributed by atoms with Gasteiger partial charge in [-0.1, -0.05) is 25.2 Å². The van der Waals surface area contributed by atoms with Crippen LogP contribution in [-0.2, 0) is 6.54 Å². The molecule has 1 saturated carbocycles. The third-order valence-electron chi connectivity index (χ3n) is 6.58. The van der Waals surface area contributed by atoms with Gasteiger partial charge in [0.05, 0.1) is 11.8 Å². The van der Waals surface area contributed by atoms with E-state index in [2.05, 4.69) is 39.3 Å². The fraction of sp³-hybridized carbons (Fsp3) is 0.583. The quantitative estimate of drug-likeness (QED) is 0.485. The van der Waals surface area contributed by atoms with Gasteiger partial charge in [-0.3, -0.25) is 4.90 Å². The molecule has 0 aromatic carbocycles. The molecule has 1 aliphatic heterocycles. The molecule has 0 atom stereocenters. The summed E-state index contributed by atoms with van der Waals surface area (Å²) in [5, 5.41) is 17.5. The molecule has 2 aliphatic rings. The average Bonchev–Trinajstić information content (AvgIpc) is 3.17. The second kappa shape index (κ2) is 9.48. The van der Waals surface area contributed by atoms with Crippen molar-refractivity contribution in [1.82, 2.24) is 24.8 Å². The van der Waals surface area contributed by atoms with Crippen LogP contribution in [0, 0.1) is 5.41 Å². The molecule has 0 spiro atoms. The molecule has 33 heavy (non-hydrogen) atoms. The Labute approximate surface area is 198 Å². The number of fused-ring (bicyclic) bond motifs is 1. The van der Waals surface area contributed by atoms with E-state index in [0.29, 0.717) is 11.4 Å². The van der Waals surface area contributed by atoms with E-state index in [4.69, 9.17) is 9.97 Å². The molecule has 176 valence electrons. The van der Waals surface area contributed by atoms with Gasteiger partial charge in [-0.15, -0.1) is 0 Å². The SMILES string of the molecule is CC1(C)CCCN(Cc2cc(Nc3nc4cccnc4s3)nc(N[C@H]3CC[C@H](O)CC3)n2)C1. The molecule has 4 heterocycles. The van der Waals surface area contributed by atoms with E-state index in [1.54, 1.807) is 6.20 Å². The summed E-state index contributed by atoms with van der Waals surface area (Å²) in [6.45, 7) is 7.67. The van der Waals surface area contributed by atoms with Gasteiger partial charge in [-0.05, 0) is 62.6 Å². The van der Waals surface area contributed by atoms with Crippen LogP contribution in [0.25, 0.3) is 10.3 Å². The lowest BCUT2D eigenvalue weighted by Gasteiger charge is -2.37. The van der Waals surface area contributed by atoms with Gasteiger partial charge in [0.1, 0.15) is 16.2 Å². The highest BCUT2D eigenvalue weighted by molar-refractivity contribution is 7.21. The standard InChI is InChI=1S/C24H33N7OS/c1-24(2)10-4-12-31(15-24)14-17-13-20(30-23-28-19-5-3-11-25-21(19)33-23)29-22(27-17)26-16-6-8-18(32)9-7-16/h3,5,11,13,16,18,32H,4,6-10,12,14-15H2,1-2H3,(H2,26,27,28,29,30)/t16-,18-. The van der Waals surface area contributed by atoms with Gasteiger partial charge in [0, 0.05) is 31.4 Å². The van der Waals surface area contributed by atoms with Crippen molar-refractivity contribution in [2.45, 2.75) is 71.1 Å². The number of hydrogen-bond acceptors (Lipinski definition) is 9. The summed E-state index contributed by atoms with van der Waals surface area (Å²) in [5.74, 6) is 1.39. The minimum Gasteiger partial charge on any atom is -0.393 e. The number of anilines is 3. The normalized spacial score (nSPS) is 23.5. The van der Waals surface area contributed by atoms with E-state index >= 15 is 0 Å². The molecule has 3 N–H and O–H groups in total. The fourth-order valence-electron chi connectivity index (χ4n) is 4.95. The first kappa shape index (κ1) is 22.4. The lowest BCUT2D eigenvalue weighted by Crippen LogP contribution is -2.39. The molecular formula is C24H33N7OS. The number of aliphatic hydroxyl groups is 1. The number of thiazole rings is 1. The monoisotopic (exact) mass is 467 g/mol. The van der Waals surface area contributed by atoms with Crippen molar-refractivity contribution in [3.05, 3.63) is 30.1 Å². The Hall–Kier alpha value is -2.36. The molecule has 0 unspecified atom stereocenters. The number of hydrogen-bond donors (Lipinski definition) is 3. The second-order valence-electron chi connectivity index (χ2n) is 10.2. The van der Waals surface area contributed by atoms with Crippen molar-refractivity contribution in [1.29, 1.82) is 0 Å². The summed E-state index contributed by atoms with van der Waals surface area (Å²) in [4.78, 5) is 22.1. The maximum absolute atomic E-state index is 9.84. The molecule has 5 rings (SSSR count). The van der Waals surface area contributed by atoms with Gasteiger partial charge < -0.3 is 15.7 Å². The molecule has 0 amide bonds. The minimum absolute atomic E-state index is 0.178. The highest BCUT2D eigenvalue weighted by atomic mass is 32.1. The van der Waals surface area contributed by atoms with Crippen LogP contribution < -0.4 is 10.6 Å². The van der Waals surface area contributed by atoms with Crippen LogP contribution in [0.2, 0.25) is 0 Å². The van der Waals surface area contributed by atoms with Gasteiger partial charge >= 0.3 is 0 Å². The van der Waals surface area contributed by atoms with E-state index in [-0.39, 0.29) is 12.1 Å². The Morgan fingerprint density at radius 2 is 2.03 bits per heavy atom. The molecule has 3 aromatic rings. The lowest BCUT2D eigenvalue weighted by atomic mass is 9.84. The Bertz CT molecular complexity index is 1060. The summed E-state index contributed by atoms with van der Waals surface area (Å²) >= 11 is 1.52. The topological polar surface area (TPSA) is 99.1 Å². The number of piperidine rings is 1. The van der Waals surface area contributed by atoms with Crippen LogP contribution in [0.5, 0.6) is 0 Å². The first-order chi connectivity index (χ1) is 15.9. The number of aromatic nitrogens is 4. The first-order valence-electron chi connectivity index (χ1n) is 12.0. The lowest BCUT2D eigenvalue weighted by molar-refractivity contribution is 0.110. The third-order valence-corrected chi connectivity index (χ3v) is 7.47. The van der Waals surface area contributed by atoms with Crippen LogP contribution in [0.1, 0.15) is 58.1 Å². The van der Waals surface area contributed by atoms with E-state index in [1.165, 1.54) is 24.2 Å². The molecule has 1 saturated heterocycles. The van der Waals surface area contributed by atoms with E-state index < -0.39 is 0 Å². The van der Waals surface area contributed by atoms with Gasteiger partial charge in [0.25, 0.3) is 0 Å². The van der Waals surface area contributed by atoms with Crippen molar-refractivity contribution in [3.63, 3.8) is 0 Å². The van der Waals surface area contributed by atoms with Crippen LogP contribution in [-0.4, -0.2) is 55.2 Å². The zero-order chi connectivity index (χ0) is 22.8. The molecule has 2 fully saturated rings. The molecule has 0 bridgehead atoms. The zero-order valence-corrected chi connectivity index (χ0v) is 20.2. The molecule has 8 nitrogen and oxygen atoms in total. The summed E-state index contributed by atoms with van der Waals surface area (Å²) in [6.07, 6.45) is 7.61. The third kappa shape index (κ3) is 5.77. The van der Waals surface area contributed by atoms with Crippen molar-refractivity contribution in [3.8, 4) is 0 Å². The fourth-order valence-corrected chi connectivity index (χ4v) is 5.77. The Morgan fingerprint density at radius 1 is 1.18 bits per heavy atom. The predicted molar refractivity (Wildman–Crippen MR) is 133 cm³/mol. The van der Waals surface area contributed by atoms with Crippen molar-refractivity contribution in [2.75, 3.05) is 23.7 Å². The van der Waals surface area contributed by atoms with Crippen molar-refractivity contribution >= 4 is 38.6 Å². The highest BCUT2D eigenvalue weighted by Crippen LogP contribution is 2.30. The first-order valence-corrected chi connectivity index (χ1v) is 12.8. The van der Waals surface area contributed by atoms with E-state index in [9.17, 15) is 5.11 Å². The maximum Gasteiger partial charge on any atom is 0.225 e. The Kier molecular flexibility index (Phi) is 6.44. The molecular weight excluding hydrogens is 434 g/mol. The Morgan fingerprint density at radius 3 is 2.82 bits per heavy atom. The van der Waals surface area contributed by atoms with E-state index in [0.717, 1.165) is 72.3 Å². The highest BCUT2D eigenvalue weighted by Gasteiger charge is 2.27. The van der Waals surface area contributed by atoms with Crippen molar-refractivity contribution < 1.29 is 5.11 Å². The number of nitrogens with zero attached hydrogens (tertiary/aromatic N) is 5. The smallest absolute Gasteiger partial charge is 0.225 e. The van der Waals surface area contributed by atoms with Crippen LogP contribution in [0.4, 0.5) is 16.9 Å². The summed E-state index contributed by atoms with van der Waals surface area (Å²) in [6, 6.07) is 6.20. The number of rotatable bonds is 6. The largest absolute Gasteiger partial charge is 0.393 e.